The minimum absolute atomic E-state index is 0.601. The average Bonchev–Trinajstić information content (AvgIpc) is 2.74. The number of aryl methyl sites for hydroxylation is 2. The molecule has 0 aliphatic heterocycles. The number of nitrogens with two attached hydrogens (primary N) is 1. The highest BCUT2D eigenvalue weighted by Gasteiger charge is 2.09. The van der Waals surface area contributed by atoms with Crippen LogP contribution in [0.5, 0.6) is 0 Å². The maximum atomic E-state index is 5.37. The number of hydrogen-bond acceptors (Lipinski definition) is 6. The van der Waals surface area contributed by atoms with Crippen LogP contribution in [-0.2, 0) is 13.6 Å². The molecule has 7 nitrogen and oxygen atoms in total. The van der Waals surface area contributed by atoms with Crippen LogP contribution in [0.1, 0.15) is 11.6 Å². The summed E-state index contributed by atoms with van der Waals surface area (Å²) in [7, 11) is 3.92. The van der Waals surface area contributed by atoms with Gasteiger partial charge in [-0.05, 0) is 6.92 Å². The van der Waals surface area contributed by atoms with Crippen molar-refractivity contribution in [2.75, 3.05) is 17.4 Å². The van der Waals surface area contributed by atoms with Crippen molar-refractivity contribution in [2.45, 2.75) is 13.5 Å². The molecule has 7 heteroatoms. The summed E-state index contributed by atoms with van der Waals surface area (Å²) in [5, 5.41) is 0. The van der Waals surface area contributed by atoms with Crippen molar-refractivity contribution >= 4 is 11.6 Å². The summed E-state index contributed by atoms with van der Waals surface area (Å²) >= 11 is 0. The molecule has 0 saturated carbocycles. The molecule has 0 aliphatic carbocycles. The molecule has 0 spiro atoms. The highest BCUT2D eigenvalue weighted by Crippen LogP contribution is 2.15. The van der Waals surface area contributed by atoms with Crippen LogP contribution in [-0.4, -0.2) is 26.6 Å². The molecular weight excluding hydrogens is 230 g/mol. The van der Waals surface area contributed by atoms with Crippen molar-refractivity contribution in [1.82, 2.24) is 19.5 Å². The summed E-state index contributed by atoms with van der Waals surface area (Å²) in [6.45, 7) is 2.50. The van der Waals surface area contributed by atoms with Crippen LogP contribution in [0.25, 0.3) is 0 Å². The lowest BCUT2D eigenvalue weighted by Crippen LogP contribution is -2.21. The van der Waals surface area contributed by atoms with E-state index in [0.717, 1.165) is 11.6 Å². The lowest BCUT2D eigenvalue weighted by Gasteiger charge is -2.18. The summed E-state index contributed by atoms with van der Waals surface area (Å²) in [6.07, 6.45) is 3.70. The Labute approximate surface area is 106 Å². The number of hydrogen-bond donors (Lipinski definition) is 2. The van der Waals surface area contributed by atoms with Crippen molar-refractivity contribution < 1.29 is 0 Å². The molecule has 0 radical (unpaired) electrons. The molecule has 2 aromatic rings. The van der Waals surface area contributed by atoms with Gasteiger partial charge in [0.05, 0.1) is 6.54 Å². The minimum atomic E-state index is 0.601. The first-order valence-corrected chi connectivity index (χ1v) is 5.60. The van der Waals surface area contributed by atoms with E-state index in [4.69, 9.17) is 5.84 Å². The monoisotopic (exact) mass is 247 g/mol. The molecule has 0 amide bonds. The summed E-state index contributed by atoms with van der Waals surface area (Å²) in [5.74, 6) is 8.42. The normalized spacial score (nSPS) is 10.4. The Kier molecular flexibility index (Phi) is 3.42. The van der Waals surface area contributed by atoms with Crippen LogP contribution in [0, 0.1) is 6.92 Å². The van der Waals surface area contributed by atoms with E-state index in [2.05, 4.69) is 20.4 Å². The Bertz CT molecular complexity index is 534. The zero-order valence-corrected chi connectivity index (χ0v) is 10.8. The Hall–Kier alpha value is -2.15. The van der Waals surface area contributed by atoms with Gasteiger partial charge in [0.25, 0.3) is 0 Å². The van der Waals surface area contributed by atoms with Gasteiger partial charge < -0.3 is 14.9 Å². The fourth-order valence-electron chi connectivity index (χ4n) is 1.66. The molecule has 2 rings (SSSR count). The van der Waals surface area contributed by atoms with E-state index >= 15 is 0 Å². The van der Waals surface area contributed by atoms with Gasteiger partial charge in [0.1, 0.15) is 23.3 Å². The maximum absolute atomic E-state index is 5.37. The molecule has 0 saturated heterocycles. The predicted octanol–water partition coefficient (Wildman–Crippen LogP) is 0.441. The Morgan fingerprint density at radius 2 is 2.22 bits per heavy atom. The molecule has 0 fully saturated rings. The first-order chi connectivity index (χ1) is 8.60. The van der Waals surface area contributed by atoms with E-state index in [9.17, 15) is 0 Å². The minimum Gasteiger partial charge on any atom is -0.352 e. The van der Waals surface area contributed by atoms with Crippen molar-refractivity contribution in [1.29, 1.82) is 0 Å². The second-order valence-electron chi connectivity index (χ2n) is 4.11. The molecule has 2 heterocycles. The van der Waals surface area contributed by atoms with Crippen LogP contribution in [0.4, 0.5) is 11.6 Å². The quantitative estimate of drug-likeness (QED) is 0.602. The highest BCUT2D eigenvalue weighted by atomic mass is 15.3. The maximum Gasteiger partial charge on any atom is 0.145 e. The third-order valence-electron chi connectivity index (χ3n) is 2.66. The number of nitrogens with one attached hydrogen (secondary N) is 1. The van der Waals surface area contributed by atoms with E-state index in [1.54, 1.807) is 12.3 Å². The molecule has 0 aromatic carbocycles. The largest absolute Gasteiger partial charge is 0.352 e. The van der Waals surface area contributed by atoms with E-state index < -0.39 is 0 Å². The molecule has 96 valence electrons. The Balaban J connectivity index is 2.20. The molecular formula is C11H17N7. The number of hydrazine groups is 1. The van der Waals surface area contributed by atoms with E-state index in [1.165, 1.54) is 0 Å². The first kappa shape index (κ1) is 12.3. The van der Waals surface area contributed by atoms with Gasteiger partial charge in [-0.15, -0.1) is 0 Å². The Morgan fingerprint density at radius 1 is 1.44 bits per heavy atom. The molecule has 18 heavy (non-hydrogen) atoms. The predicted molar refractivity (Wildman–Crippen MR) is 69.9 cm³/mol. The molecule has 2 aromatic heterocycles. The summed E-state index contributed by atoms with van der Waals surface area (Å²) < 4.78 is 1.98. The van der Waals surface area contributed by atoms with E-state index in [1.807, 2.05) is 36.7 Å². The highest BCUT2D eigenvalue weighted by molar-refractivity contribution is 5.48. The summed E-state index contributed by atoms with van der Waals surface area (Å²) in [4.78, 5) is 14.8. The van der Waals surface area contributed by atoms with Gasteiger partial charge in [0.2, 0.25) is 0 Å². The standard InChI is InChI=1S/C11H17N7/c1-8-14-9(16-12)6-10(15-8)18(3)7-11-13-4-5-17(11)2/h4-6H,7,12H2,1-3H3,(H,14,15,16). The fraction of sp³-hybridized carbons (Fsp3) is 0.364. The lowest BCUT2D eigenvalue weighted by atomic mass is 10.4. The van der Waals surface area contributed by atoms with Crippen molar-refractivity contribution in [3.05, 3.63) is 30.1 Å². The summed E-state index contributed by atoms with van der Waals surface area (Å²) in [6, 6.07) is 1.80. The Morgan fingerprint density at radius 3 is 2.83 bits per heavy atom. The van der Waals surface area contributed by atoms with Gasteiger partial charge >= 0.3 is 0 Å². The third-order valence-corrected chi connectivity index (χ3v) is 2.66. The number of aromatic nitrogens is 4. The van der Waals surface area contributed by atoms with E-state index in [-0.39, 0.29) is 0 Å². The van der Waals surface area contributed by atoms with Crippen LogP contribution >= 0.6 is 0 Å². The number of rotatable bonds is 4. The van der Waals surface area contributed by atoms with Gasteiger partial charge in [-0.3, -0.25) is 0 Å². The van der Waals surface area contributed by atoms with Crippen molar-refractivity contribution in [2.24, 2.45) is 12.9 Å². The number of anilines is 2. The zero-order valence-electron chi connectivity index (χ0n) is 10.8. The van der Waals surface area contributed by atoms with Crippen LogP contribution in [0.3, 0.4) is 0 Å². The van der Waals surface area contributed by atoms with Gasteiger partial charge in [0, 0.05) is 32.6 Å². The van der Waals surface area contributed by atoms with Gasteiger partial charge in [-0.2, -0.15) is 0 Å². The molecule has 0 atom stereocenters. The summed E-state index contributed by atoms with van der Waals surface area (Å²) in [5.41, 5.74) is 2.53. The van der Waals surface area contributed by atoms with Crippen LogP contribution in [0.15, 0.2) is 18.5 Å². The molecule has 3 N–H and O–H groups in total. The number of nitrogens with zero attached hydrogens (tertiary/aromatic N) is 5. The van der Waals surface area contributed by atoms with Crippen LogP contribution in [0.2, 0.25) is 0 Å². The average molecular weight is 247 g/mol. The molecule has 0 aliphatic rings. The van der Waals surface area contributed by atoms with Gasteiger partial charge in [-0.1, -0.05) is 0 Å². The second kappa shape index (κ2) is 5.01. The second-order valence-corrected chi connectivity index (χ2v) is 4.11. The van der Waals surface area contributed by atoms with Crippen LogP contribution < -0.4 is 16.2 Å². The van der Waals surface area contributed by atoms with Crippen molar-refractivity contribution in [3.63, 3.8) is 0 Å². The zero-order chi connectivity index (χ0) is 13.1. The lowest BCUT2D eigenvalue weighted by molar-refractivity contribution is 0.753. The topological polar surface area (TPSA) is 84.9 Å². The third kappa shape index (κ3) is 2.57. The molecule has 0 unspecified atom stereocenters. The number of nitrogen functional groups attached to an aromatic ring is 1. The van der Waals surface area contributed by atoms with E-state index in [0.29, 0.717) is 18.2 Å². The van der Waals surface area contributed by atoms with Gasteiger partial charge in [-0.25, -0.2) is 20.8 Å². The fourth-order valence-corrected chi connectivity index (χ4v) is 1.66. The molecule has 0 bridgehead atoms. The first-order valence-electron chi connectivity index (χ1n) is 5.60. The van der Waals surface area contributed by atoms with Gasteiger partial charge in [0.15, 0.2) is 0 Å². The smallest absolute Gasteiger partial charge is 0.145 e. The number of imidazole rings is 1. The SMILES string of the molecule is Cc1nc(NN)cc(N(C)Cc2nccn2C)n1. The van der Waals surface area contributed by atoms with Crippen molar-refractivity contribution in [3.8, 4) is 0 Å².